The van der Waals surface area contributed by atoms with Crippen LogP contribution in [0, 0.1) is 0 Å². The van der Waals surface area contributed by atoms with E-state index in [4.69, 9.17) is 10.5 Å². The lowest BCUT2D eigenvalue weighted by molar-refractivity contribution is -0.138. The van der Waals surface area contributed by atoms with E-state index in [0.717, 1.165) is 12.0 Å². The van der Waals surface area contributed by atoms with Crippen LogP contribution in [0.3, 0.4) is 0 Å². The van der Waals surface area contributed by atoms with Crippen LogP contribution in [0.1, 0.15) is 34.1 Å². The van der Waals surface area contributed by atoms with Gasteiger partial charge in [-0.15, -0.1) is 0 Å². The maximum absolute atomic E-state index is 11.6. The summed E-state index contributed by atoms with van der Waals surface area (Å²) < 4.78 is 4.98. The molecular weight excluding hydrogens is 202 g/mol. The van der Waals surface area contributed by atoms with Crippen molar-refractivity contribution >= 4 is 5.97 Å². The molecule has 90 valence electrons. The SMILES string of the molecule is CCOC(=O)C(/C=C\C=C(/C)N)=C(/C)CC. The first kappa shape index (κ1) is 14.5. The number of carbonyl (C=O) groups excluding carboxylic acids is 1. The molecule has 0 saturated carbocycles. The van der Waals surface area contributed by atoms with E-state index < -0.39 is 0 Å². The van der Waals surface area contributed by atoms with E-state index in [-0.39, 0.29) is 5.97 Å². The van der Waals surface area contributed by atoms with E-state index in [1.165, 1.54) is 0 Å². The van der Waals surface area contributed by atoms with Crippen molar-refractivity contribution in [1.82, 2.24) is 0 Å². The van der Waals surface area contributed by atoms with Crippen molar-refractivity contribution in [2.45, 2.75) is 34.1 Å². The molecule has 0 aromatic rings. The summed E-state index contributed by atoms with van der Waals surface area (Å²) in [5, 5.41) is 0. The Labute approximate surface area is 97.7 Å². The fourth-order valence-electron chi connectivity index (χ4n) is 1.08. The van der Waals surface area contributed by atoms with Crippen LogP contribution in [0.2, 0.25) is 0 Å². The molecule has 0 aliphatic heterocycles. The molecule has 0 saturated heterocycles. The van der Waals surface area contributed by atoms with Crippen LogP contribution >= 0.6 is 0 Å². The van der Waals surface area contributed by atoms with Crippen molar-refractivity contribution in [2.75, 3.05) is 6.61 Å². The highest BCUT2D eigenvalue weighted by molar-refractivity contribution is 5.92. The van der Waals surface area contributed by atoms with Gasteiger partial charge < -0.3 is 10.5 Å². The van der Waals surface area contributed by atoms with Crippen molar-refractivity contribution in [3.63, 3.8) is 0 Å². The van der Waals surface area contributed by atoms with Crippen molar-refractivity contribution in [1.29, 1.82) is 0 Å². The summed E-state index contributed by atoms with van der Waals surface area (Å²) in [4.78, 5) is 11.6. The molecule has 0 radical (unpaired) electrons. The van der Waals surface area contributed by atoms with Crippen molar-refractivity contribution < 1.29 is 9.53 Å². The highest BCUT2D eigenvalue weighted by atomic mass is 16.5. The molecule has 0 aliphatic rings. The fourth-order valence-corrected chi connectivity index (χ4v) is 1.08. The average molecular weight is 223 g/mol. The molecule has 0 amide bonds. The van der Waals surface area contributed by atoms with E-state index in [9.17, 15) is 4.79 Å². The molecule has 0 spiro atoms. The average Bonchev–Trinajstić information content (AvgIpc) is 2.23. The number of rotatable bonds is 5. The minimum absolute atomic E-state index is 0.277. The van der Waals surface area contributed by atoms with Gasteiger partial charge in [0.05, 0.1) is 12.2 Å². The second-order valence-electron chi connectivity index (χ2n) is 3.54. The summed E-state index contributed by atoms with van der Waals surface area (Å²) in [6.45, 7) is 7.91. The van der Waals surface area contributed by atoms with Gasteiger partial charge in [-0.2, -0.15) is 0 Å². The van der Waals surface area contributed by atoms with E-state index in [2.05, 4.69) is 0 Å². The van der Waals surface area contributed by atoms with Gasteiger partial charge in [-0.3, -0.25) is 0 Å². The van der Waals surface area contributed by atoms with Gasteiger partial charge in [-0.05, 0) is 39.3 Å². The third-order valence-electron chi connectivity index (χ3n) is 2.11. The summed E-state index contributed by atoms with van der Waals surface area (Å²) >= 11 is 0. The number of carbonyl (C=O) groups is 1. The molecule has 0 heterocycles. The molecule has 2 N–H and O–H groups in total. The lowest BCUT2D eigenvalue weighted by atomic mass is 10.1. The minimum Gasteiger partial charge on any atom is -0.462 e. The Morgan fingerprint density at radius 3 is 2.38 bits per heavy atom. The normalized spacial score (nSPS) is 13.9. The monoisotopic (exact) mass is 223 g/mol. The maximum atomic E-state index is 11.6. The Hall–Kier alpha value is -1.51. The van der Waals surface area contributed by atoms with E-state index in [0.29, 0.717) is 17.9 Å². The van der Waals surface area contributed by atoms with Gasteiger partial charge in [-0.1, -0.05) is 18.6 Å². The van der Waals surface area contributed by atoms with Gasteiger partial charge in [0.25, 0.3) is 0 Å². The van der Waals surface area contributed by atoms with Crippen LogP contribution < -0.4 is 5.73 Å². The maximum Gasteiger partial charge on any atom is 0.338 e. The lowest BCUT2D eigenvalue weighted by Crippen LogP contribution is -2.07. The Morgan fingerprint density at radius 1 is 1.31 bits per heavy atom. The quantitative estimate of drug-likeness (QED) is 0.443. The van der Waals surface area contributed by atoms with Gasteiger partial charge in [-0.25, -0.2) is 4.79 Å². The first-order chi connectivity index (χ1) is 7.52. The van der Waals surface area contributed by atoms with E-state index >= 15 is 0 Å². The summed E-state index contributed by atoms with van der Waals surface area (Å²) in [6.07, 6.45) is 6.08. The predicted molar refractivity (Wildman–Crippen MR) is 66.7 cm³/mol. The first-order valence-electron chi connectivity index (χ1n) is 5.50. The number of esters is 1. The van der Waals surface area contributed by atoms with Crippen LogP contribution in [0.15, 0.2) is 35.1 Å². The number of hydrogen-bond donors (Lipinski definition) is 1. The summed E-state index contributed by atoms with van der Waals surface area (Å²) in [5.41, 5.74) is 7.83. The number of hydrogen-bond acceptors (Lipinski definition) is 3. The summed E-state index contributed by atoms with van der Waals surface area (Å²) in [7, 11) is 0. The molecule has 3 heteroatoms. The smallest absolute Gasteiger partial charge is 0.338 e. The molecule has 0 unspecified atom stereocenters. The highest BCUT2D eigenvalue weighted by Gasteiger charge is 2.09. The first-order valence-corrected chi connectivity index (χ1v) is 5.50. The number of allylic oxidation sites excluding steroid dienone is 4. The third-order valence-corrected chi connectivity index (χ3v) is 2.11. The molecular formula is C13H21NO2. The Morgan fingerprint density at radius 2 is 1.94 bits per heavy atom. The van der Waals surface area contributed by atoms with Crippen LogP contribution in [0.5, 0.6) is 0 Å². The molecule has 0 fully saturated rings. The van der Waals surface area contributed by atoms with Gasteiger partial charge in [0.2, 0.25) is 0 Å². The zero-order valence-corrected chi connectivity index (χ0v) is 10.5. The number of nitrogens with two attached hydrogens (primary N) is 1. The van der Waals surface area contributed by atoms with Crippen LogP contribution in [0.25, 0.3) is 0 Å². The zero-order chi connectivity index (χ0) is 12.6. The molecule has 0 aromatic heterocycles. The molecule has 16 heavy (non-hydrogen) atoms. The predicted octanol–water partition coefficient (Wildman–Crippen LogP) is 2.69. The van der Waals surface area contributed by atoms with Crippen LogP contribution in [-0.2, 0) is 9.53 Å². The molecule has 3 nitrogen and oxygen atoms in total. The minimum atomic E-state index is -0.277. The third kappa shape index (κ3) is 5.39. The molecule has 0 bridgehead atoms. The van der Waals surface area contributed by atoms with Crippen molar-refractivity contribution in [3.05, 3.63) is 35.1 Å². The largest absolute Gasteiger partial charge is 0.462 e. The zero-order valence-electron chi connectivity index (χ0n) is 10.5. The summed E-state index contributed by atoms with van der Waals surface area (Å²) in [6, 6.07) is 0. The molecule has 0 aromatic carbocycles. The Bertz CT molecular complexity index is 321. The number of ether oxygens (including phenoxy) is 1. The highest BCUT2D eigenvalue weighted by Crippen LogP contribution is 2.11. The second-order valence-corrected chi connectivity index (χ2v) is 3.54. The van der Waals surface area contributed by atoms with Crippen molar-refractivity contribution in [3.8, 4) is 0 Å². The topological polar surface area (TPSA) is 52.3 Å². The molecule has 0 atom stereocenters. The van der Waals surface area contributed by atoms with Crippen LogP contribution in [-0.4, -0.2) is 12.6 Å². The molecule has 0 aliphatic carbocycles. The van der Waals surface area contributed by atoms with E-state index in [1.807, 2.05) is 13.8 Å². The fraction of sp³-hybridized carbons (Fsp3) is 0.462. The van der Waals surface area contributed by atoms with Gasteiger partial charge in [0, 0.05) is 5.70 Å². The van der Waals surface area contributed by atoms with Crippen molar-refractivity contribution in [2.24, 2.45) is 5.73 Å². The van der Waals surface area contributed by atoms with Gasteiger partial charge in [0.15, 0.2) is 0 Å². The van der Waals surface area contributed by atoms with Crippen LogP contribution in [0.4, 0.5) is 0 Å². The van der Waals surface area contributed by atoms with E-state index in [1.54, 1.807) is 32.1 Å². The second kappa shape index (κ2) is 7.74. The van der Waals surface area contributed by atoms with Gasteiger partial charge in [0.1, 0.15) is 0 Å². The molecule has 0 rings (SSSR count). The Balaban J connectivity index is 4.91. The van der Waals surface area contributed by atoms with Gasteiger partial charge >= 0.3 is 5.97 Å². The summed E-state index contributed by atoms with van der Waals surface area (Å²) in [5.74, 6) is -0.277. The Kier molecular flexibility index (Phi) is 7.01. The standard InChI is InChI=1S/C13H21NO2/c1-5-10(3)12(13(15)16-6-2)9-7-8-11(4)14/h7-9H,5-6,14H2,1-4H3/b9-7-,11-8+,12-10-. The lowest BCUT2D eigenvalue weighted by Gasteiger charge is -2.05.